The summed E-state index contributed by atoms with van der Waals surface area (Å²) in [4.78, 5) is 0. The summed E-state index contributed by atoms with van der Waals surface area (Å²) in [5.41, 5.74) is -17.0. The largest absolute Gasteiger partial charge is 0.432 e. The molecule has 0 unspecified atom stereocenters. The van der Waals surface area contributed by atoms with Gasteiger partial charge in [0, 0.05) is 52.6 Å². The Labute approximate surface area is 761 Å². The Kier molecular flexibility index (Phi) is 33.0. The van der Waals surface area contributed by atoms with Gasteiger partial charge in [-0.05, 0) is 209 Å². The average Bonchev–Trinajstić information content (AvgIpc) is 0.767. The Hall–Kier alpha value is -13.2. The lowest BCUT2D eigenvalue weighted by atomic mass is 9.96. The number of rotatable bonds is 30. The number of aryl methyl sites for hydroxylation is 3. The Morgan fingerprint density at radius 3 is 0.630 bits per heavy atom. The van der Waals surface area contributed by atoms with Gasteiger partial charge >= 0.3 is 30.7 Å². The van der Waals surface area contributed by atoms with Gasteiger partial charge in [0.15, 0.2) is 17.5 Å². The van der Waals surface area contributed by atoms with Crippen molar-refractivity contribution < 1.29 is 168 Å². The molecule has 0 saturated carbocycles. The van der Waals surface area contributed by atoms with Crippen molar-refractivity contribution >= 4 is 0 Å². The fourth-order valence-corrected chi connectivity index (χ4v) is 14.8. The smallest absolute Gasteiger partial charge is 0.429 e. The summed E-state index contributed by atoms with van der Waals surface area (Å²) < 4.78 is 512. The van der Waals surface area contributed by atoms with E-state index in [0.717, 1.165) is 88.8 Å². The summed E-state index contributed by atoms with van der Waals surface area (Å²) in [6, 6.07) is 19.3. The fraction of sp³-hybridized carbons (Fsp3) is 0.220. The molecule has 3 nitrogen and oxygen atoms in total. The van der Waals surface area contributed by atoms with Crippen LogP contribution in [0.4, 0.5) is 154 Å². The van der Waals surface area contributed by atoms with Gasteiger partial charge < -0.3 is 14.2 Å². The molecule has 0 aliphatic rings. The third-order valence-corrected chi connectivity index (χ3v) is 21.3. The van der Waals surface area contributed by atoms with Gasteiger partial charge in [0.05, 0.1) is 16.7 Å². The minimum Gasteiger partial charge on any atom is -0.429 e. The van der Waals surface area contributed by atoms with Crippen LogP contribution in [-0.2, 0) is 49.9 Å². The van der Waals surface area contributed by atoms with Crippen LogP contribution in [0.5, 0.6) is 17.2 Å². The van der Waals surface area contributed by atoms with E-state index in [4.69, 9.17) is 0 Å². The molecule has 0 aliphatic heterocycles. The van der Waals surface area contributed by atoms with E-state index in [0.29, 0.717) is 84.5 Å². The van der Waals surface area contributed by atoms with E-state index in [-0.39, 0.29) is 94.0 Å². The fourth-order valence-electron chi connectivity index (χ4n) is 14.8. The van der Waals surface area contributed by atoms with E-state index < -0.39 is 254 Å². The lowest BCUT2D eigenvalue weighted by molar-refractivity contribution is -0.190. The predicted molar refractivity (Wildman–Crippen MR) is 438 cm³/mol. The number of halogens is 35. The zero-order chi connectivity index (χ0) is 101. The molecule has 0 fully saturated rings. The monoisotopic (exact) mass is 1980 g/mol. The summed E-state index contributed by atoms with van der Waals surface area (Å²) in [6.45, 7) is 6.09. The lowest BCUT2D eigenvalue weighted by Crippen LogP contribution is -2.25. The van der Waals surface area contributed by atoms with E-state index in [2.05, 4.69) is 21.1 Å². The highest BCUT2D eigenvalue weighted by atomic mass is 19.4. The van der Waals surface area contributed by atoms with Crippen LogP contribution < -0.4 is 14.2 Å². The molecule has 0 atom stereocenters. The number of ether oxygens (including phenoxy) is 3. The first-order valence-corrected chi connectivity index (χ1v) is 41.4. The van der Waals surface area contributed by atoms with E-state index >= 15 is 43.9 Å². The van der Waals surface area contributed by atoms with Crippen LogP contribution in [-0.4, -0.2) is 0 Å². The minimum absolute atomic E-state index is 0.121. The van der Waals surface area contributed by atoms with Crippen molar-refractivity contribution in [2.75, 3.05) is 0 Å². The van der Waals surface area contributed by atoms with Gasteiger partial charge in [-0.25, -0.2) is 101 Å². The second kappa shape index (κ2) is 43.2. The van der Waals surface area contributed by atoms with Gasteiger partial charge in [-0.2, -0.15) is 52.7 Å². The summed E-state index contributed by atoms with van der Waals surface area (Å²) in [7, 11) is 0. The second-order valence-electron chi connectivity index (χ2n) is 31.2. The van der Waals surface area contributed by atoms with E-state index in [9.17, 15) is 110 Å². The first-order valence-electron chi connectivity index (χ1n) is 41.4. The molecule has 38 heteroatoms. The molecular weight excluding hydrogens is 1910 g/mol. The van der Waals surface area contributed by atoms with Gasteiger partial charge in [0.25, 0.3) is 0 Å². The van der Waals surface area contributed by atoms with Crippen LogP contribution in [0.15, 0.2) is 182 Å². The molecule has 0 radical (unpaired) electrons. The molecule has 13 rings (SSSR count). The van der Waals surface area contributed by atoms with Gasteiger partial charge in [-0.3, -0.25) is 0 Å². The predicted octanol–water partition coefficient (Wildman–Crippen LogP) is 34.3. The zero-order valence-electron chi connectivity index (χ0n) is 71.2. The van der Waals surface area contributed by atoms with Gasteiger partial charge in [0.2, 0.25) is 0 Å². The van der Waals surface area contributed by atoms with Crippen LogP contribution in [0.3, 0.4) is 0 Å². The van der Waals surface area contributed by atoms with Crippen molar-refractivity contribution in [1.82, 2.24) is 0 Å². The number of hydrogen-bond acceptors (Lipinski definition) is 3. The second-order valence-corrected chi connectivity index (χ2v) is 31.2. The van der Waals surface area contributed by atoms with Crippen LogP contribution in [0, 0.1) is 134 Å². The number of alkyl halides is 12. The van der Waals surface area contributed by atoms with Crippen molar-refractivity contribution in [3.8, 4) is 95.1 Å². The molecule has 13 aromatic carbocycles. The highest BCUT2D eigenvalue weighted by Crippen LogP contribution is 2.48. The summed E-state index contributed by atoms with van der Waals surface area (Å²) in [5, 5.41) is 0. The molecule has 13 aromatic rings. The normalized spacial score (nSPS) is 12.0. The third kappa shape index (κ3) is 24.5. The van der Waals surface area contributed by atoms with E-state index in [1.165, 1.54) is 36.4 Å². The Morgan fingerprint density at radius 1 is 0.188 bits per heavy atom. The zero-order valence-corrected chi connectivity index (χ0v) is 71.2. The molecule has 0 spiro atoms. The van der Waals surface area contributed by atoms with Crippen molar-refractivity contribution in [3.63, 3.8) is 0 Å². The molecule has 0 heterocycles. The van der Waals surface area contributed by atoms with Gasteiger partial charge in [-0.1, -0.05) is 109 Å². The molecule has 0 aliphatic carbocycles. The standard InChI is InChI=1S/C37H25F11O.C32H22F12O.C31H20F12O/c1-2-3-4-5-6-19-7-9-24(26(38)11-19)20-12-28(40)34(29(41)13-20)22-16-30(42)35(31(43)17-22)37(47,48)49-23-8-10-25(27(39)18-23)21-14-32(44)36(46)33(45)15-21;1-2-3-4-5-6-16-7-8-20(21(33)9-16)17-10-22(34)28(23(35)11-17)18-12-24(36)30(25(37)13-18)32(43,44)45-19-14-26(38)29(27(39)15-19)31(40,41)42;1-2-3-4-5-15-6-7-19(20(32)8-15)16-9-21(33)27(22(34)10-16)17-11-23(35)29(24(36)12-17)31(42,43)44-18-13-25(37)28(26(38)14-18)30(39,40)41/h7-18H,2-6H2,1H3;7-15H,2-6H2,1H3;6-14H,2-5H2,1H3. The van der Waals surface area contributed by atoms with Crippen molar-refractivity contribution in [2.45, 2.75) is 141 Å². The third-order valence-electron chi connectivity index (χ3n) is 21.3. The summed E-state index contributed by atoms with van der Waals surface area (Å²) >= 11 is 0. The Balaban J connectivity index is 0.000000199. The quantitative estimate of drug-likeness (QED) is 0.0255. The Morgan fingerprint density at radius 2 is 0.391 bits per heavy atom. The summed E-state index contributed by atoms with van der Waals surface area (Å²) in [5.74, 6) is -43.0. The molecule has 0 aromatic heterocycles. The molecule has 0 N–H and O–H groups in total. The van der Waals surface area contributed by atoms with Gasteiger partial charge in [-0.15, -0.1) is 0 Å². The van der Waals surface area contributed by atoms with Crippen LogP contribution in [0.2, 0.25) is 0 Å². The first-order chi connectivity index (χ1) is 64.7. The summed E-state index contributed by atoms with van der Waals surface area (Å²) in [6.07, 6.45) is -13.9. The van der Waals surface area contributed by atoms with E-state index in [1.54, 1.807) is 18.2 Å². The SMILES string of the molecule is CCCCCCc1ccc(-c2cc(F)c(-c3cc(F)c(C(F)(F)Oc4cc(F)c(C(F)(F)F)c(F)c4)c(F)c3)c(F)c2)c(F)c1.CCCCCCc1ccc(-c2cc(F)c(-c3cc(F)c(C(F)(F)Oc4ccc(-c5cc(F)c(F)c(F)c5)c(F)c4)c(F)c3)c(F)c2)c(F)c1.CCCCCc1ccc(-c2cc(F)c(-c3cc(F)c(C(F)(F)Oc4cc(F)c(C(F)(F)F)c(F)c4)c(F)c3)c(F)c2)c(F)c1. The maximum absolute atomic E-state index is 15.2. The molecule has 0 saturated heterocycles. The number of hydrogen-bond donors (Lipinski definition) is 0. The van der Waals surface area contributed by atoms with Crippen molar-refractivity contribution in [3.05, 3.63) is 360 Å². The van der Waals surface area contributed by atoms with Crippen molar-refractivity contribution in [1.29, 1.82) is 0 Å². The minimum atomic E-state index is -5.53. The molecule has 0 amide bonds. The molecule has 138 heavy (non-hydrogen) atoms. The first kappa shape index (κ1) is 105. The maximum atomic E-state index is 15.2. The average molecular weight is 1980 g/mol. The Bertz CT molecular complexity index is 6470. The maximum Gasteiger partial charge on any atom is 0.432 e. The van der Waals surface area contributed by atoms with Gasteiger partial charge in [0.1, 0.15) is 161 Å². The van der Waals surface area contributed by atoms with Crippen LogP contribution in [0.25, 0.3) is 77.9 Å². The topological polar surface area (TPSA) is 27.7 Å². The van der Waals surface area contributed by atoms with Crippen LogP contribution >= 0.6 is 0 Å². The molecule has 730 valence electrons. The highest BCUT2D eigenvalue weighted by Gasteiger charge is 2.47. The molecule has 0 bridgehead atoms. The van der Waals surface area contributed by atoms with E-state index in [1.807, 2.05) is 13.8 Å². The highest BCUT2D eigenvalue weighted by molar-refractivity contribution is 5.76. The molecular formula is C100H67F35O3. The van der Waals surface area contributed by atoms with Crippen molar-refractivity contribution in [2.24, 2.45) is 0 Å². The van der Waals surface area contributed by atoms with Crippen LogP contribution in [0.1, 0.15) is 136 Å². The number of benzene rings is 13. The number of unbranched alkanes of at least 4 members (excludes halogenated alkanes) is 8. The lowest BCUT2D eigenvalue weighted by Gasteiger charge is -2.21.